The lowest BCUT2D eigenvalue weighted by Crippen LogP contribution is -2.40. The molecule has 2 amide bonds. The molecule has 1 aliphatic heterocycles. The average Bonchev–Trinajstić information content (AvgIpc) is 3.08. The molecule has 0 radical (unpaired) electrons. The van der Waals surface area contributed by atoms with Crippen LogP contribution in [0.25, 0.3) is 81.3 Å². The van der Waals surface area contributed by atoms with Gasteiger partial charge >= 0.3 is 0 Å². The van der Waals surface area contributed by atoms with E-state index in [1.807, 2.05) is 60.7 Å². The van der Waals surface area contributed by atoms with E-state index in [2.05, 4.69) is 31.2 Å². The first kappa shape index (κ1) is 25.7. The summed E-state index contributed by atoms with van der Waals surface area (Å²) in [5, 5.41) is 11.1. The van der Waals surface area contributed by atoms with E-state index >= 15 is 0 Å². The molecule has 10 rings (SSSR count). The largest absolute Gasteiger partial charge is 0.274 e. The molecule has 0 fully saturated rings. The molecule has 3 heterocycles. The van der Waals surface area contributed by atoms with Crippen LogP contribution in [-0.4, -0.2) is 32.6 Å². The fourth-order valence-corrected chi connectivity index (χ4v) is 8.26. The van der Waals surface area contributed by atoms with E-state index in [1.165, 1.54) is 4.90 Å². The molecule has 0 saturated carbocycles. The third kappa shape index (κ3) is 3.06. The molecule has 0 saturated heterocycles. The van der Waals surface area contributed by atoms with Gasteiger partial charge in [-0.15, -0.1) is 0 Å². The zero-order valence-electron chi connectivity index (χ0n) is 25.2. The van der Waals surface area contributed by atoms with Gasteiger partial charge in [0.05, 0.1) is 11.0 Å². The van der Waals surface area contributed by atoms with Crippen molar-refractivity contribution in [1.82, 2.24) is 14.3 Å². The summed E-state index contributed by atoms with van der Waals surface area (Å²) in [6.07, 6.45) is 3.98. The van der Waals surface area contributed by atoms with Gasteiger partial charge in [-0.3, -0.25) is 23.7 Å². The lowest BCUT2D eigenvalue weighted by Gasteiger charge is -2.28. The molecule has 0 unspecified atom stereocenters. The molecular weight excluding hydrogens is 570 g/mol. The predicted molar refractivity (Wildman–Crippen MR) is 186 cm³/mol. The molecule has 220 valence electrons. The molecule has 7 aromatic carbocycles. The second kappa shape index (κ2) is 8.98. The van der Waals surface area contributed by atoms with Gasteiger partial charge in [0.1, 0.15) is 5.65 Å². The molecule has 0 atom stereocenters. The van der Waals surface area contributed by atoms with Crippen molar-refractivity contribution in [2.75, 3.05) is 6.54 Å². The summed E-state index contributed by atoms with van der Waals surface area (Å²) in [6, 6.07) is 28.1. The number of amides is 2. The summed E-state index contributed by atoms with van der Waals surface area (Å²) in [5.74, 6) is -0.435. The zero-order valence-corrected chi connectivity index (χ0v) is 25.2. The van der Waals surface area contributed by atoms with Gasteiger partial charge in [0.2, 0.25) is 0 Å². The molecule has 0 bridgehead atoms. The van der Waals surface area contributed by atoms with Crippen LogP contribution < -0.4 is 5.56 Å². The highest BCUT2D eigenvalue weighted by atomic mass is 16.2. The van der Waals surface area contributed by atoms with Crippen molar-refractivity contribution in [2.24, 2.45) is 0 Å². The highest BCUT2D eigenvalue weighted by Gasteiger charge is 2.34. The van der Waals surface area contributed by atoms with Crippen LogP contribution in [0.2, 0.25) is 0 Å². The van der Waals surface area contributed by atoms with E-state index in [-0.39, 0.29) is 17.4 Å². The van der Waals surface area contributed by atoms with Crippen molar-refractivity contribution < 1.29 is 9.59 Å². The first-order valence-electron chi connectivity index (χ1n) is 16.1. The topological polar surface area (TPSA) is 71.8 Å². The minimum atomic E-state index is -0.218. The lowest BCUT2D eigenvalue weighted by molar-refractivity contribution is 0.0608. The van der Waals surface area contributed by atoms with E-state index in [1.54, 1.807) is 4.40 Å². The van der Waals surface area contributed by atoms with E-state index in [0.29, 0.717) is 28.7 Å². The maximum Gasteiger partial charge on any atom is 0.264 e. The number of unbranched alkanes of at least 4 members (excludes halogenated alkanes) is 3. The number of rotatable bonds is 5. The van der Waals surface area contributed by atoms with Crippen LogP contribution in [0.3, 0.4) is 0 Å². The Morgan fingerprint density at radius 3 is 1.85 bits per heavy atom. The first-order chi connectivity index (χ1) is 22.6. The monoisotopic (exact) mass is 597 g/mol. The Morgan fingerprint density at radius 2 is 1.15 bits per heavy atom. The van der Waals surface area contributed by atoms with Gasteiger partial charge in [0.15, 0.2) is 0 Å². The molecule has 46 heavy (non-hydrogen) atoms. The van der Waals surface area contributed by atoms with Crippen LogP contribution in [0, 0.1) is 0 Å². The summed E-state index contributed by atoms with van der Waals surface area (Å²) < 4.78 is 1.77. The number of fused-ring (bicyclic) bond motifs is 5. The fourth-order valence-electron chi connectivity index (χ4n) is 8.26. The Hall–Kier alpha value is -5.62. The Bertz CT molecular complexity index is 2790. The number of hydrogen-bond acceptors (Lipinski definition) is 4. The molecule has 2 aromatic heterocycles. The van der Waals surface area contributed by atoms with Crippen LogP contribution in [0.4, 0.5) is 0 Å². The molecule has 6 heteroatoms. The Labute approximate surface area is 262 Å². The maximum absolute atomic E-state index is 14.4. The Morgan fingerprint density at radius 1 is 0.565 bits per heavy atom. The standard InChI is InChI=1S/C40H27N3O3/c1-2-3-4-5-20-42-38(44)27-17-13-24-22-12-16-26-35-29(19-15-23(33(22)35)25-14-18-28(39(42)45)36(27)34(24)25)40(46)43-31-11-7-9-21-8-6-10-30(32(21)31)41-37(26)43/h6-19H,2-5,20H2,1H3. The maximum atomic E-state index is 14.4. The van der Waals surface area contributed by atoms with Crippen molar-refractivity contribution in [3.8, 4) is 0 Å². The summed E-state index contributed by atoms with van der Waals surface area (Å²) in [4.78, 5) is 48.4. The number of carbonyl (C=O) groups is 2. The summed E-state index contributed by atoms with van der Waals surface area (Å²) in [6.45, 7) is 2.58. The molecular formula is C40H27N3O3. The van der Waals surface area contributed by atoms with Crippen molar-refractivity contribution in [2.45, 2.75) is 32.6 Å². The van der Waals surface area contributed by atoms with E-state index < -0.39 is 0 Å². The number of imide groups is 1. The van der Waals surface area contributed by atoms with Crippen molar-refractivity contribution >= 4 is 93.1 Å². The number of carbonyl (C=O) groups excluding carboxylic acids is 2. The normalized spacial score (nSPS) is 13.9. The van der Waals surface area contributed by atoms with Crippen molar-refractivity contribution in [3.63, 3.8) is 0 Å². The van der Waals surface area contributed by atoms with Gasteiger partial charge in [-0.25, -0.2) is 4.98 Å². The number of hydrogen-bond donors (Lipinski definition) is 0. The van der Waals surface area contributed by atoms with E-state index in [4.69, 9.17) is 4.98 Å². The molecule has 0 aliphatic carbocycles. The zero-order chi connectivity index (χ0) is 30.8. The molecule has 0 spiro atoms. The van der Waals surface area contributed by atoms with Gasteiger partial charge in [-0.1, -0.05) is 74.7 Å². The molecule has 1 aliphatic rings. The number of aromatic nitrogens is 2. The second-order valence-corrected chi connectivity index (χ2v) is 12.7. The fraction of sp³-hybridized carbons (Fsp3) is 0.150. The minimum Gasteiger partial charge on any atom is -0.274 e. The number of nitrogens with zero attached hydrogens (tertiary/aromatic N) is 3. The number of pyridine rings is 1. The van der Waals surface area contributed by atoms with Crippen molar-refractivity contribution in [3.05, 3.63) is 106 Å². The van der Waals surface area contributed by atoms with Gasteiger partial charge < -0.3 is 0 Å². The lowest BCUT2D eigenvalue weighted by atomic mass is 9.83. The van der Waals surface area contributed by atoms with Gasteiger partial charge in [-0.2, -0.15) is 0 Å². The van der Waals surface area contributed by atoms with E-state index in [0.717, 1.165) is 96.0 Å². The second-order valence-electron chi connectivity index (χ2n) is 12.7. The Balaban J connectivity index is 1.30. The van der Waals surface area contributed by atoms with Crippen LogP contribution >= 0.6 is 0 Å². The highest BCUT2D eigenvalue weighted by Crippen LogP contribution is 2.46. The predicted octanol–water partition coefficient (Wildman–Crippen LogP) is 8.82. The summed E-state index contributed by atoms with van der Waals surface area (Å²) in [7, 11) is 0. The summed E-state index contributed by atoms with van der Waals surface area (Å²) >= 11 is 0. The third-order valence-corrected chi connectivity index (χ3v) is 10.3. The molecule has 0 N–H and O–H groups in total. The van der Waals surface area contributed by atoms with Gasteiger partial charge in [0, 0.05) is 44.6 Å². The average molecular weight is 598 g/mol. The summed E-state index contributed by atoms with van der Waals surface area (Å²) in [5.41, 5.74) is 3.40. The van der Waals surface area contributed by atoms with Gasteiger partial charge in [-0.05, 0) is 80.5 Å². The molecule has 9 aromatic rings. The third-order valence-electron chi connectivity index (χ3n) is 10.3. The van der Waals surface area contributed by atoms with Gasteiger partial charge in [0.25, 0.3) is 17.4 Å². The quantitative estimate of drug-likeness (QED) is 0.0860. The Kier molecular flexibility index (Phi) is 5.01. The molecule has 6 nitrogen and oxygen atoms in total. The van der Waals surface area contributed by atoms with Crippen LogP contribution in [0.5, 0.6) is 0 Å². The first-order valence-corrected chi connectivity index (χ1v) is 16.1. The van der Waals surface area contributed by atoms with Crippen LogP contribution in [-0.2, 0) is 0 Å². The van der Waals surface area contributed by atoms with E-state index in [9.17, 15) is 14.4 Å². The van der Waals surface area contributed by atoms with Crippen molar-refractivity contribution in [1.29, 1.82) is 0 Å². The van der Waals surface area contributed by atoms with Crippen LogP contribution in [0.15, 0.2) is 89.7 Å². The smallest absolute Gasteiger partial charge is 0.264 e. The SMILES string of the molecule is CCCCCCN1C(=O)c2ccc3c4ccc5c(=O)n6c7cccc8cccc(nc6c6ccc(c9ccc(c2c39)C1=O)c4c56)c87. The minimum absolute atomic E-state index is 0.0942. The number of benzene rings is 7. The highest BCUT2D eigenvalue weighted by molar-refractivity contribution is 6.41. The van der Waals surface area contributed by atoms with Crippen LogP contribution in [0.1, 0.15) is 53.3 Å².